The highest BCUT2D eigenvalue weighted by atomic mass is 19.1. The second kappa shape index (κ2) is 13.3. The summed E-state index contributed by atoms with van der Waals surface area (Å²) in [4.78, 5) is 53.2. The number of nitrogens with zero attached hydrogens (tertiary/aromatic N) is 1. The highest BCUT2D eigenvalue weighted by Crippen LogP contribution is 2.39. The molecule has 45 heavy (non-hydrogen) atoms. The molecule has 0 radical (unpaired) electrons. The lowest BCUT2D eigenvalue weighted by Gasteiger charge is -2.36. The summed E-state index contributed by atoms with van der Waals surface area (Å²) in [6, 6.07) is 14.5. The van der Waals surface area contributed by atoms with Crippen LogP contribution in [0.2, 0.25) is 0 Å². The lowest BCUT2D eigenvalue weighted by atomic mass is 9.78. The van der Waals surface area contributed by atoms with Crippen LogP contribution in [0.4, 0.5) is 14.9 Å². The minimum Gasteiger partial charge on any atom is -0.475 e. The lowest BCUT2D eigenvalue weighted by Crippen LogP contribution is -2.49. The van der Waals surface area contributed by atoms with Gasteiger partial charge in [-0.1, -0.05) is 30.3 Å². The van der Waals surface area contributed by atoms with Crippen LogP contribution in [0, 0.1) is 11.8 Å². The molecular formula is C34H40FN3O7. The second-order valence-corrected chi connectivity index (χ2v) is 13.0. The molecule has 0 spiro atoms. The molecule has 11 heteroatoms. The number of hydrogen-bond acceptors (Lipinski definition) is 6. The molecule has 1 aliphatic heterocycles. The topological polar surface area (TPSA) is 138 Å². The molecule has 2 aromatic carbocycles. The summed E-state index contributed by atoms with van der Waals surface area (Å²) in [5.74, 6) is -2.46. The Morgan fingerprint density at radius 2 is 1.73 bits per heavy atom. The van der Waals surface area contributed by atoms with Crippen LogP contribution in [0.3, 0.4) is 0 Å². The van der Waals surface area contributed by atoms with E-state index < -0.39 is 36.4 Å². The van der Waals surface area contributed by atoms with E-state index in [9.17, 15) is 28.7 Å². The molecule has 3 amide bonds. The maximum absolute atomic E-state index is 14.0. The van der Waals surface area contributed by atoms with E-state index in [1.54, 1.807) is 43.9 Å². The average molecular weight is 622 g/mol. The molecule has 1 aromatic heterocycles. The van der Waals surface area contributed by atoms with Gasteiger partial charge in [-0.25, -0.2) is 14.0 Å². The van der Waals surface area contributed by atoms with E-state index in [2.05, 4.69) is 10.6 Å². The Morgan fingerprint density at radius 1 is 1.02 bits per heavy atom. The standard InChI is InChI=1S/C34H40FN3O7/c1-34(2,3)45-33(43)37-26(19-35)21-9-11-22(12-10-21)31(40)38-16-15-25(20-7-5-4-6-8-20)29(38)30(39)36-24-13-14-27-23(17-24)18-28(44-27)32(41)42/h4-8,13-14,17-18,21-22,25-26,29H,9-12,15-16,19H2,1-3H3,(H,36,39)(H,37,43)(H,41,42)/t21?,22?,25?,26?,29-/m0/s1. The van der Waals surface area contributed by atoms with Gasteiger partial charge in [0.25, 0.3) is 0 Å². The van der Waals surface area contributed by atoms with Crippen molar-refractivity contribution in [2.24, 2.45) is 11.8 Å². The van der Waals surface area contributed by atoms with Gasteiger partial charge in [0.15, 0.2) is 0 Å². The predicted molar refractivity (Wildman–Crippen MR) is 166 cm³/mol. The zero-order valence-electron chi connectivity index (χ0n) is 25.8. The Bertz CT molecular complexity index is 1540. The number of ether oxygens (including phenoxy) is 1. The van der Waals surface area contributed by atoms with E-state index in [1.165, 1.54) is 6.07 Å². The normalized spacial score (nSPS) is 22.5. The summed E-state index contributed by atoms with van der Waals surface area (Å²) >= 11 is 0. The number of fused-ring (bicyclic) bond motifs is 1. The van der Waals surface area contributed by atoms with Crippen LogP contribution in [0.25, 0.3) is 11.0 Å². The number of halogens is 1. The summed E-state index contributed by atoms with van der Waals surface area (Å²) in [5.41, 5.74) is 1.12. The number of likely N-dealkylation sites (tertiary alicyclic amines) is 1. The van der Waals surface area contributed by atoms with Gasteiger partial charge >= 0.3 is 12.1 Å². The molecule has 1 saturated carbocycles. The van der Waals surface area contributed by atoms with Crippen molar-refractivity contribution in [3.63, 3.8) is 0 Å². The summed E-state index contributed by atoms with van der Waals surface area (Å²) in [6.45, 7) is 4.94. The van der Waals surface area contributed by atoms with Gasteiger partial charge in [0.2, 0.25) is 17.6 Å². The van der Waals surface area contributed by atoms with Crippen LogP contribution >= 0.6 is 0 Å². The summed E-state index contributed by atoms with van der Waals surface area (Å²) in [6.07, 6.45) is 2.15. The smallest absolute Gasteiger partial charge is 0.407 e. The van der Waals surface area contributed by atoms with Gasteiger partial charge in [0.05, 0.1) is 6.04 Å². The third kappa shape index (κ3) is 7.46. The Kier molecular flexibility index (Phi) is 9.45. The van der Waals surface area contributed by atoms with Gasteiger partial charge in [-0.15, -0.1) is 0 Å². The van der Waals surface area contributed by atoms with Crippen LogP contribution in [-0.2, 0) is 14.3 Å². The number of hydrogen-bond donors (Lipinski definition) is 3. The fourth-order valence-corrected chi connectivity index (χ4v) is 6.60. The molecule has 3 N–H and O–H groups in total. The van der Waals surface area contributed by atoms with Crippen molar-refractivity contribution in [2.45, 2.75) is 76.5 Å². The fourth-order valence-electron chi connectivity index (χ4n) is 6.60. The number of carboxylic acids is 1. The number of furan rings is 1. The Balaban J connectivity index is 1.29. The van der Waals surface area contributed by atoms with Gasteiger partial charge in [0, 0.05) is 29.5 Å². The van der Waals surface area contributed by atoms with E-state index in [4.69, 9.17) is 9.15 Å². The van der Waals surface area contributed by atoms with Crippen LogP contribution in [0.5, 0.6) is 0 Å². The maximum Gasteiger partial charge on any atom is 0.407 e. The first-order valence-electron chi connectivity index (χ1n) is 15.4. The molecule has 2 aliphatic rings. The number of anilines is 1. The molecule has 1 aliphatic carbocycles. The van der Waals surface area contributed by atoms with Crippen LogP contribution < -0.4 is 10.6 Å². The van der Waals surface area contributed by atoms with E-state index in [1.807, 2.05) is 30.3 Å². The predicted octanol–water partition coefficient (Wildman–Crippen LogP) is 6.12. The van der Waals surface area contributed by atoms with Crippen molar-refractivity contribution in [3.05, 3.63) is 65.9 Å². The van der Waals surface area contributed by atoms with E-state index in [0.29, 0.717) is 55.3 Å². The number of carbonyl (C=O) groups excluding carboxylic acids is 3. The number of alkyl carbamates (subject to hydrolysis) is 1. The number of nitrogens with one attached hydrogen (secondary N) is 2. The Morgan fingerprint density at radius 3 is 2.38 bits per heavy atom. The lowest BCUT2D eigenvalue weighted by molar-refractivity contribution is -0.141. The Labute approximate surface area is 261 Å². The number of alkyl halides is 1. The number of benzene rings is 2. The molecule has 2 fully saturated rings. The largest absolute Gasteiger partial charge is 0.475 e. The minimum atomic E-state index is -1.18. The molecule has 240 valence electrons. The molecule has 3 atom stereocenters. The van der Waals surface area contributed by atoms with Gasteiger partial charge in [-0.2, -0.15) is 0 Å². The highest BCUT2D eigenvalue weighted by molar-refractivity contribution is 6.00. The number of aromatic carboxylic acids is 1. The number of carboxylic acid groups (broad SMARTS) is 1. The number of amides is 3. The van der Waals surface area contributed by atoms with Crippen molar-refractivity contribution in [2.75, 3.05) is 18.5 Å². The molecule has 2 heterocycles. The van der Waals surface area contributed by atoms with Crippen LogP contribution in [0.1, 0.15) is 74.9 Å². The molecule has 10 nitrogen and oxygen atoms in total. The molecule has 5 rings (SSSR count). The van der Waals surface area contributed by atoms with E-state index in [-0.39, 0.29) is 35.3 Å². The van der Waals surface area contributed by atoms with Crippen molar-refractivity contribution in [1.29, 1.82) is 0 Å². The molecule has 1 saturated heterocycles. The summed E-state index contributed by atoms with van der Waals surface area (Å²) < 4.78 is 24.6. The van der Waals surface area contributed by atoms with Crippen molar-refractivity contribution in [3.8, 4) is 0 Å². The first-order valence-corrected chi connectivity index (χ1v) is 15.4. The quantitative estimate of drug-likeness (QED) is 0.275. The zero-order valence-corrected chi connectivity index (χ0v) is 25.8. The Hall–Kier alpha value is -4.41. The van der Waals surface area contributed by atoms with Crippen molar-refractivity contribution in [1.82, 2.24) is 10.2 Å². The molecule has 2 unspecified atom stereocenters. The average Bonchev–Trinajstić information content (AvgIpc) is 3.64. The minimum absolute atomic E-state index is 0.0969. The third-order valence-electron chi connectivity index (χ3n) is 8.73. The SMILES string of the molecule is CC(C)(C)OC(=O)NC(CF)C1CCC(C(=O)N2CCC(c3ccccc3)[C@H]2C(=O)Nc2ccc3oc(C(=O)O)cc3c2)CC1. The van der Waals surface area contributed by atoms with E-state index in [0.717, 1.165) is 5.56 Å². The molecular weight excluding hydrogens is 581 g/mol. The molecule has 3 aromatic rings. The number of carbonyl (C=O) groups is 4. The fraction of sp³-hybridized carbons (Fsp3) is 0.471. The van der Waals surface area contributed by atoms with E-state index >= 15 is 0 Å². The first-order chi connectivity index (χ1) is 21.4. The maximum atomic E-state index is 14.0. The van der Waals surface area contributed by atoms with Gasteiger partial charge in [-0.05, 0) is 88.6 Å². The van der Waals surface area contributed by atoms with Gasteiger partial charge in [0.1, 0.15) is 23.9 Å². The highest BCUT2D eigenvalue weighted by Gasteiger charge is 2.45. The number of rotatable bonds is 8. The zero-order chi connectivity index (χ0) is 32.3. The van der Waals surface area contributed by atoms with Gasteiger partial charge in [-0.3, -0.25) is 9.59 Å². The van der Waals surface area contributed by atoms with Crippen LogP contribution in [0.15, 0.2) is 59.0 Å². The first kappa shape index (κ1) is 32.0. The van der Waals surface area contributed by atoms with Crippen molar-refractivity contribution < 1.29 is 37.8 Å². The molecule has 0 bridgehead atoms. The third-order valence-corrected chi connectivity index (χ3v) is 8.73. The summed E-state index contributed by atoms with van der Waals surface area (Å²) in [7, 11) is 0. The van der Waals surface area contributed by atoms with Gasteiger partial charge < -0.3 is 29.8 Å². The summed E-state index contributed by atoms with van der Waals surface area (Å²) in [5, 5.41) is 15.4. The monoisotopic (exact) mass is 621 g/mol. The second-order valence-electron chi connectivity index (χ2n) is 13.0. The van der Waals surface area contributed by atoms with Crippen molar-refractivity contribution >= 4 is 40.5 Å². The van der Waals surface area contributed by atoms with Crippen LogP contribution in [-0.4, -0.2) is 64.8 Å².